The number of benzene rings is 2. The van der Waals surface area contributed by atoms with E-state index >= 15 is 0 Å². The van der Waals surface area contributed by atoms with Gasteiger partial charge in [0.25, 0.3) is 0 Å². The molecule has 2 aromatic carbocycles. The second-order valence-corrected chi connectivity index (χ2v) is 6.18. The third-order valence-electron chi connectivity index (χ3n) is 3.98. The van der Waals surface area contributed by atoms with Crippen molar-refractivity contribution in [3.63, 3.8) is 0 Å². The van der Waals surface area contributed by atoms with Gasteiger partial charge in [0.1, 0.15) is 0 Å². The fraction of sp³-hybridized carbons (Fsp3) is 0.300. The first-order valence-corrected chi connectivity index (χ1v) is 8.47. The van der Waals surface area contributed by atoms with Gasteiger partial charge in [0, 0.05) is 17.0 Å². The van der Waals surface area contributed by atoms with E-state index in [9.17, 15) is 14.0 Å². The molecule has 132 valence electrons. The van der Waals surface area contributed by atoms with Crippen molar-refractivity contribution >= 4 is 23.4 Å². The summed E-state index contributed by atoms with van der Waals surface area (Å²) in [4.78, 5) is 24.7. The molecule has 0 aromatic heterocycles. The molecule has 0 aliphatic carbocycles. The molecule has 5 heteroatoms. The molecule has 0 bridgehead atoms. The molecular weight excluding hydrogens is 343 g/mol. The number of ketones is 1. The number of carbonyl (C=O) groups excluding carboxylic acids is 2. The summed E-state index contributed by atoms with van der Waals surface area (Å²) in [7, 11) is 0. The number of rotatable bonds is 7. The molecule has 2 atom stereocenters. The minimum Gasteiger partial charge on any atom is -0.464 e. The molecule has 2 unspecified atom stereocenters. The molecule has 25 heavy (non-hydrogen) atoms. The molecule has 0 heterocycles. The van der Waals surface area contributed by atoms with Crippen molar-refractivity contribution in [3.8, 4) is 0 Å². The maximum atomic E-state index is 14.3. The summed E-state index contributed by atoms with van der Waals surface area (Å²) in [6, 6.07) is 13.8. The van der Waals surface area contributed by atoms with Crippen molar-refractivity contribution in [2.24, 2.45) is 0 Å². The van der Waals surface area contributed by atoms with Crippen molar-refractivity contribution in [3.05, 3.63) is 70.2 Å². The molecule has 0 aliphatic heterocycles. The highest BCUT2D eigenvalue weighted by atomic mass is 35.5. The summed E-state index contributed by atoms with van der Waals surface area (Å²) in [5.41, 5.74) is 1.93. The van der Waals surface area contributed by atoms with E-state index in [1.54, 1.807) is 43.3 Å². The summed E-state index contributed by atoms with van der Waals surface area (Å²) >= 11 is 5.90. The van der Waals surface area contributed by atoms with Crippen LogP contribution in [0.25, 0.3) is 0 Å². The van der Waals surface area contributed by atoms with Gasteiger partial charge in [0.05, 0.1) is 12.5 Å². The van der Waals surface area contributed by atoms with Crippen molar-refractivity contribution in [1.82, 2.24) is 0 Å². The molecule has 0 saturated heterocycles. The van der Waals surface area contributed by atoms with Crippen LogP contribution in [0.3, 0.4) is 0 Å². The van der Waals surface area contributed by atoms with E-state index in [1.165, 1.54) is 0 Å². The molecule has 0 amide bonds. The van der Waals surface area contributed by atoms with Crippen LogP contribution in [-0.4, -0.2) is 24.5 Å². The number of Topliss-reactive ketones (excluding diaryl/α,β-unsaturated/α-hetero) is 1. The number of aryl methyl sites for hydroxylation is 1. The van der Waals surface area contributed by atoms with E-state index in [-0.39, 0.29) is 18.8 Å². The van der Waals surface area contributed by atoms with Gasteiger partial charge in [0.15, 0.2) is 12.0 Å². The number of ether oxygens (including phenoxy) is 1. The van der Waals surface area contributed by atoms with E-state index in [1.807, 2.05) is 19.1 Å². The molecule has 0 fully saturated rings. The van der Waals surface area contributed by atoms with Crippen molar-refractivity contribution in [2.75, 3.05) is 6.61 Å². The van der Waals surface area contributed by atoms with E-state index in [4.69, 9.17) is 16.3 Å². The number of alkyl halides is 1. The Balaban J connectivity index is 2.35. The molecule has 0 N–H and O–H groups in total. The summed E-state index contributed by atoms with van der Waals surface area (Å²) in [5, 5.41) is 0.521. The van der Waals surface area contributed by atoms with Crippen LogP contribution < -0.4 is 0 Å². The minimum absolute atomic E-state index is 0.0939. The zero-order chi connectivity index (χ0) is 18.4. The van der Waals surface area contributed by atoms with Crippen LogP contribution in [0.15, 0.2) is 48.5 Å². The maximum absolute atomic E-state index is 14.3. The van der Waals surface area contributed by atoms with Crippen LogP contribution in [0.5, 0.6) is 0 Å². The van der Waals surface area contributed by atoms with Crippen molar-refractivity contribution in [2.45, 2.75) is 32.4 Å². The first kappa shape index (κ1) is 19.1. The normalized spacial score (nSPS) is 13.1. The smallest absolute Gasteiger partial charge is 0.340 e. The van der Waals surface area contributed by atoms with Gasteiger partial charge in [-0.15, -0.1) is 0 Å². The SMILES string of the molecule is CCOC(=O)C(F)CC(C(=O)c1ccccc1C)c1ccc(Cl)cc1. The van der Waals surface area contributed by atoms with Crippen LogP contribution in [0.1, 0.15) is 40.7 Å². The Hall–Kier alpha value is -2.20. The minimum atomic E-state index is -1.87. The Morgan fingerprint density at radius 3 is 2.36 bits per heavy atom. The molecule has 3 nitrogen and oxygen atoms in total. The molecule has 0 spiro atoms. The fourth-order valence-electron chi connectivity index (χ4n) is 2.66. The molecule has 0 aliphatic rings. The summed E-state index contributed by atoms with van der Waals surface area (Å²) < 4.78 is 19.0. The summed E-state index contributed by atoms with van der Waals surface area (Å²) in [6.07, 6.45) is -2.14. The lowest BCUT2D eigenvalue weighted by Crippen LogP contribution is -2.25. The molecule has 0 saturated carbocycles. The Bertz CT molecular complexity index is 743. The van der Waals surface area contributed by atoms with Crippen LogP contribution in [0.2, 0.25) is 5.02 Å². The van der Waals surface area contributed by atoms with Crippen molar-refractivity contribution < 1.29 is 18.7 Å². The summed E-state index contributed by atoms with van der Waals surface area (Å²) in [5.74, 6) is -1.97. The van der Waals surface area contributed by atoms with E-state index < -0.39 is 18.1 Å². The van der Waals surface area contributed by atoms with Gasteiger partial charge in [-0.1, -0.05) is 48.0 Å². The van der Waals surface area contributed by atoms with Gasteiger partial charge >= 0.3 is 5.97 Å². The topological polar surface area (TPSA) is 43.4 Å². The second kappa shape index (κ2) is 8.77. The molecule has 0 radical (unpaired) electrons. The number of hydrogen-bond acceptors (Lipinski definition) is 3. The lowest BCUT2D eigenvalue weighted by molar-refractivity contribution is -0.149. The third kappa shape index (κ3) is 4.89. The Morgan fingerprint density at radius 1 is 1.12 bits per heavy atom. The zero-order valence-corrected chi connectivity index (χ0v) is 14.9. The lowest BCUT2D eigenvalue weighted by Gasteiger charge is -2.19. The summed E-state index contributed by atoms with van der Waals surface area (Å²) in [6.45, 7) is 3.53. The van der Waals surface area contributed by atoms with Gasteiger partial charge in [-0.3, -0.25) is 4.79 Å². The maximum Gasteiger partial charge on any atom is 0.340 e. The van der Waals surface area contributed by atoms with Crippen molar-refractivity contribution in [1.29, 1.82) is 0 Å². The Morgan fingerprint density at radius 2 is 1.76 bits per heavy atom. The first-order chi connectivity index (χ1) is 11.9. The molecule has 2 rings (SSSR count). The third-order valence-corrected chi connectivity index (χ3v) is 4.24. The highest BCUT2D eigenvalue weighted by molar-refractivity contribution is 6.30. The van der Waals surface area contributed by atoms with Gasteiger partial charge in [-0.2, -0.15) is 0 Å². The quantitative estimate of drug-likeness (QED) is 0.519. The van der Waals surface area contributed by atoms with Gasteiger partial charge < -0.3 is 4.74 Å². The fourth-order valence-corrected chi connectivity index (χ4v) is 2.79. The predicted octanol–water partition coefficient (Wildman–Crippen LogP) is 4.91. The molecular formula is C20H20ClFO3. The lowest BCUT2D eigenvalue weighted by atomic mass is 9.85. The van der Waals surface area contributed by atoms with E-state index in [0.29, 0.717) is 16.1 Å². The number of halogens is 2. The largest absolute Gasteiger partial charge is 0.464 e. The van der Waals surface area contributed by atoms with Gasteiger partial charge in [-0.25, -0.2) is 9.18 Å². The molecule has 2 aromatic rings. The zero-order valence-electron chi connectivity index (χ0n) is 14.2. The van der Waals surface area contributed by atoms with Crippen LogP contribution >= 0.6 is 11.6 Å². The Labute approximate surface area is 151 Å². The number of carbonyl (C=O) groups is 2. The van der Waals surface area contributed by atoms with Crippen LogP contribution in [0, 0.1) is 6.92 Å². The van der Waals surface area contributed by atoms with Gasteiger partial charge in [-0.05, 0) is 37.1 Å². The first-order valence-electron chi connectivity index (χ1n) is 8.10. The second-order valence-electron chi connectivity index (χ2n) is 5.74. The number of hydrogen-bond donors (Lipinski definition) is 0. The average Bonchev–Trinajstić information content (AvgIpc) is 2.60. The highest BCUT2D eigenvalue weighted by Gasteiger charge is 2.30. The van der Waals surface area contributed by atoms with Gasteiger partial charge in [0.2, 0.25) is 0 Å². The number of esters is 1. The van der Waals surface area contributed by atoms with E-state index in [2.05, 4.69) is 0 Å². The van der Waals surface area contributed by atoms with Crippen LogP contribution in [-0.2, 0) is 9.53 Å². The predicted molar refractivity (Wildman–Crippen MR) is 95.8 cm³/mol. The Kier molecular flexibility index (Phi) is 6.71. The van der Waals surface area contributed by atoms with Crippen LogP contribution in [0.4, 0.5) is 4.39 Å². The standard InChI is InChI=1S/C20H20ClFO3/c1-3-25-20(24)18(22)12-17(14-8-10-15(21)11-9-14)19(23)16-7-5-4-6-13(16)2/h4-11,17-18H,3,12H2,1-2H3. The highest BCUT2D eigenvalue weighted by Crippen LogP contribution is 2.29. The average molecular weight is 363 g/mol. The monoisotopic (exact) mass is 362 g/mol. The van der Waals surface area contributed by atoms with E-state index in [0.717, 1.165) is 5.56 Å².